The number of carbonyl (C=O) groups is 2. The first kappa shape index (κ1) is 16.2. The number of benzene rings is 2. The van der Waals surface area contributed by atoms with Crippen LogP contribution < -0.4 is 10.6 Å². The van der Waals surface area contributed by atoms with Crippen molar-refractivity contribution in [2.24, 2.45) is 5.73 Å². The van der Waals surface area contributed by atoms with Gasteiger partial charge in [0.1, 0.15) is 0 Å². The van der Waals surface area contributed by atoms with Crippen LogP contribution in [0.5, 0.6) is 0 Å². The fourth-order valence-electron chi connectivity index (χ4n) is 3.12. The number of nitrogens with zero attached hydrogens (tertiary/aromatic N) is 1. The summed E-state index contributed by atoms with van der Waals surface area (Å²) in [6.45, 7) is 5.06. The van der Waals surface area contributed by atoms with Crippen LogP contribution in [0.3, 0.4) is 0 Å². The van der Waals surface area contributed by atoms with E-state index < -0.39 is 5.91 Å². The van der Waals surface area contributed by atoms with E-state index in [0.717, 1.165) is 18.5 Å². The zero-order chi connectivity index (χ0) is 17.3. The van der Waals surface area contributed by atoms with Crippen LogP contribution in [0, 0.1) is 0 Å². The Bertz CT molecular complexity index is 779. The second-order valence-electron chi connectivity index (χ2n) is 6.54. The van der Waals surface area contributed by atoms with Crippen molar-refractivity contribution in [3.8, 4) is 0 Å². The summed E-state index contributed by atoms with van der Waals surface area (Å²) in [7, 11) is 0. The van der Waals surface area contributed by atoms with Crippen LogP contribution in [-0.2, 0) is 6.42 Å². The van der Waals surface area contributed by atoms with Gasteiger partial charge in [-0.1, -0.05) is 26.0 Å². The summed E-state index contributed by atoms with van der Waals surface area (Å²) < 4.78 is 0. The quantitative estimate of drug-likeness (QED) is 0.940. The first-order chi connectivity index (χ1) is 11.5. The highest BCUT2D eigenvalue weighted by atomic mass is 16.2. The summed E-state index contributed by atoms with van der Waals surface area (Å²) in [6.07, 6.45) is 1.96. The Morgan fingerprint density at radius 1 is 1.04 bits per heavy atom. The van der Waals surface area contributed by atoms with E-state index in [-0.39, 0.29) is 5.91 Å². The lowest BCUT2D eigenvalue weighted by Gasteiger charge is -2.30. The van der Waals surface area contributed by atoms with Crippen molar-refractivity contribution in [1.29, 1.82) is 0 Å². The maximum absolute atomic E-state index is 12.9. The van der Waals surface area contributed by atoms with E-state index in [2.05, 4.69) is 32.0 Å². The van der Waals surface area contributed by atoms with Gasteiger partial charge in [-0.15, -0.1) is 0 Å². The molecule has 1 aliphatic rings. The van der Waals surface area contributed by atoms with E-state index in [0.29, 0.717) is 23.6 Å². The van der Waals surface area contributed by atoms with Crippen LogP contribution in [0.1, 0.15) is 58.0 Å². The SMILES string of the molecule is CC(C)c1ccc2c(c1)CCCN2C(=O)c1ccc(C(N)=O)cc1. The molecule has 0 saturated carbocycles. The number of hydrogen-bond acceptors (Lipinski definition) is 2. The summed E-state index contributed by atoms with van der Waals surface area (Å²) in [5.41, 5.74) is 9.76. The van der Waals surface area contributed by atoms with Gasteiger partial charge in [-0.3, -0.25) is 9.59 Å². The largest absolute Gasteiger partial charge is 0.366 e. The highest BCUT2D eigenvalue weighted by Gasteiger charge is 2.24. The molecule has 0 aromatic heterocycles. The van der Waals surface area contributed by atoms with Crippen molar-refractivity contribution in [2.45, 2.75) is 32.6 Å². The van der Waals surface area contributed by atoms with E-state index in [1.807, 2.05) is 4.90 Å². The predicted octanol–water partition coefficient (Wildman–Crippen LogP) is 3.50. The second-order valence-corrected chi connectivity index (χ2v) is 6.54. The summed E-state index contributed by atoms with van der Waals surface area (Å²) in [5, 5.41) is 0. The number of aryl methyl sites for hydroxylation is 1. The van der Waals surface area contributed by atoms with Crippen LogP contribution in [0.25, 0.3) is 0 Å². The first-order valence-electron chi connectivity index (χ1n) is 8.32. The zero-order valence-electron chi connectivity index (χ0n) is 14.1. The fourth-order valence-corrected chi connectivity index (χ4v) is 3.12. The molecule has 0 saturated heterocycles. The minimum atomic E-state index is -0.487. The molecule has 2 aromatic rings. The topological polar surface area (TPSA) is 63.4 Å². The number of anilines is 1. The Kier molecular flexibility index (Phi) is 4.38. The van der Waals surface area contributed by atoms with Gasteiger partial charge in [0.15, 0.2) is 0 Å². The molecule has 0 atom stereocenters. The summed E-state index contributed by atoms with van der Waals surface area (Å²) in [5.74, 6) is -0.0504. The Morgan fingerprint density at radius 3 is 2.33 bits per heavy atom. The van der Waals surface area contributed by atoms with E-state index in [4.69, 9.17) is 5.73 Å². The van der Waals surface area contributed by atoms with Gasteiger partial charge in [0.2, 0.25) is 5.91 Å². The number of nitrogens with two attached hydrogens (primary N) is 1. The highest BCUT2D eigenvalue weighted by Crippen LogP contribution is 2.31. The Morgan fingerprint density at radius 2 is 1.71 bits per heavy atom. The van der Waals surface area contributed by atoms with Crippen molar-refractivity contribution in [1.82, 2.24) is 0 Å². The molecule has 2 amide bonds. The number of fused-ring (bicyclic) bond motifs is 1. The molecule has 24 heavy (non-hydrogen) atoms. The number of amides is 2. The molecule has 0 aliphatic carbocycles. The molecule has 1 heterocycles. The lowest BCUT2D eigenvalue weighted by molar-refractivity contribution is 0.0979. The third-order valence-corrected chi connectivity index (χ3v) is 4.55. The Labute approximate surface area is 142 Å². The van der Waals surface area contributed by atoms with Gasteiger partial charge in [-0.05, 0) is 60.2 Å². The molecule has 0 radical (unpaired) electrons. The van der Waals surface area contributed by atoms with Crippen LogP contribution in [-0.4, -0.2) is 18.4 Å². The fraction of sp³-hybridized carbons (Fsp3) is 0.300. The molecule has 124 valence electrons. The zero-order valence-corrected chi connectivity index (χ0v) is 14.1. The summed E-state index contributed by atoms with van der Waals surface area (Å²) >= 11 is 0. The third-order valence-electron chi connectivity index (χ3n) is 4.55. The van der Waals surface area contributed by atoms with Crippen molar-refractivity contribution in [2.75, 3.05) is 11.4 Å². The first-order valence-corrected chi connectivity index (χ1v) is 8.32. The van der Waals surface area contributed by atoms with Gasteiger partial charge < -0.3 is 10.6 Å². The lowest BCUT2D eigenvalue weighted by Crippen LogP contribution is -2.35. The average Bonchev–Trinajstić information content (AvgIpc) is 2.60. The van der Waals surface area contributed by atoms with Crippen molar-refractivity contribution < 1.29 is 9.59 Å². The molecule has 0 unspecified atom stereocenters. The van der Waals surface area contributed by atoms with Crippen molar-refractivity contribution >= 4 is 17.5 Å². The average molecular weight is 322 g/mol. The maximum Gasteiger partial charge on any atom is 0.258 e. The molecule has 4 heteroatoms. The van der Waals surface area contributed by atoms with E-state index in [1.165, 1.54) is 11.1 Å². The Balaban J connectivity index is 1.91. The number of rotatable bonds is 3. The molecule has 4 nitrogen and oxygen atoms in total. The van der Waals surface area contributed by atoms with Gasteiger partial charge in [-0.25, -0.2) is 0 Å². The summed E-state index contributed by atoms with van der Waals surface area (Å²) in [4.78, 5) is 25.9. The second kappa shape index (κ2) is 6.48. The molecular weight excluding hydrogens is 300 g/mol. The smallest absolute Gasteiger partial charge is 0.258 e. The summed E-state index contributed by atoms with van der Waals surface area (Å²) in [6, 6.07) is 12.9. The predicted molar refractivity (Wildman–Crippen MR) is 95.5 cm³/mol. The molecule has 2 aromatic carbocycles. The minimum Gasteiger partial charge on any atom is -0.366 e. The monoisotopic (exact) mass is 322 g/mol. The van der Waals surface area contributed by atoms with Gasteiger partial charge in [0.25, 0.3) is 5.91 Å². The molecule has 0 fully saturated rings. The normalized spacial score (nSPS) is 13.7. The lowest BCUT2D eigenvalue weighted by atomic mass is 9.94. The van der Waals surface area contributed by atoms with Crippen LogP contribution >= 0.6 is 0 Å². The van der Waals surface area contributed by atoms with Crippen LogP contribution in [0.2, 0.25) is 0 Å². The van der Waals surface area contributed by atoms with Crippen LogP contribution in [0.4, 0.5) is 5.69 Å². The molecule has 1 aliphatic heterocycles. The van der Waals surface area contributed by atoms with Gasteiger partial charge in [0.05, 0.1) is 0 Å². The van der Waals surface area contributed by atoms with E-state index >= 15 is 0 Å². The van der Waals surface area contributed by atoms with Crippen molar-refractivity contribution in [3.63, 3.8) is 0 Å². The van der Waals surface area contributed by atoms with Crippen molar-refractivity contribution in [3.05, 3.63) is 64.7 Å². The Hall–Kier alpha value is -2.62. The molecule has 0 spiro atoms. The van der Waals surface area contributed by atoms with Crippen LogP contribution in [0.15, 0.2) is 42.5 Å². The van der Waals surface area contributed by atoms with Gasteiger partial charge >= 0.3 is 0 Å². The molecule has 0 bridgehead atoms. The highest BCUT2D eigenvalue weighted by molar-refractivity contribution is 6.07. The van der Waals surface area contributed by atoms with Gasteiger partial charge in [0, 0.05) is 23.4 Å². The standard InChI is InChI=1S/C20H22N2O2/c1-13(2)16-9-10-18-17(12-16)4-3-11-22(18)20(24)15-7-5-14(6-8-15)19(21)23/h5-10,12-13H,3-4,11H2,1-2H3,(H2,21,23). The number of primary amides is 1. The number of hydrogen-bond donors (Lipinski definition) is 1. The third kappa shape index (κ3) is 3.04. The minimum absolute atomic E-state index is 0.0377. The molecule has 3 rings (SSSR count). The van der Waals surface area contributed by atoms with Gasteiger partial charge in [-0.2, -0.15) is 0 Å². The van der Waals surface area contributed by atoms with E-state index in [9.17, 15) is 9.59 Å². The van der Waals surface area contributed by atoms with E-state index in [1.54, 1.807) is 24.3 Å². The molecule has 2 N–H and O–H groups in total. The number of carbonyl (C=O) groups excluding carboxylic acids is 2. The maximum atomic E-state index is 12.9. The molecular formula is C20H22N2O2.